The topological polar surface area (TPSA) is 63.4 Å². The Morgan fingerprint density at radius 3 is 2.20 bits per heavy atom. The molecule has 1 aliphatic rings. The Hall–Kier alpha value is -0.910. The maximum atomic E-state index is 12.9. The molecule has 5 heteroatoms. The Morgan fingerprint density at radius 1 is 1.15 bits per heavy atom. The van der Waals surface area contributed by atoms with Gasteiger partial charge in [0.25, 0.3) is 0 Å². The van der Waals surface area contributed by atoms with Gasteiger partial charge < -0.3 is 5.73 Å². The summed E-state index contributed by atoms with van der Waals surface area (Å²) in [6.45, 7) is 8.69. The lowest BCUT2D eigenvalue weighted by Crippen LogP contribution is -2.46. The SMILES string of the molecule is Cc1cc(C)c(C)c(S(=O)(=O)N2CCC[C@@H](N)C2)c1C. The molecule has 2 N–H and O–H groups in total. The van der Waals surface area contributed by atoms with Crippen LogP contribution in [0.5, 0.6) is 0 Å². The van der Waals surface area contributed by atoms with E-state index >= 15 is 0 Å². The van der Waals surface area contributed by atoms with Crippen molar-refractivity contribution in [1.29, 1.82) is 0 Å². The second-order valence-electron chi connectivity index (χ2n) is 5.85. The van der Waals surface area contributed by atoms with Crippen LogP contribution >= 0.6 is 0 Å². The zero-order valence-corrected chi connectivity index (χ0v) is 13.5. The number of piperidine rings is 1. The van der Waals surface area contributed by atoms with Gasteiger partial charge in [0.1, 0.15) is 0 Å². The van der Waals surface area contributed by atoms with E-state index in [1.807, 2.05) is 33.8 Å². The molecule has 1 fully saturated rings. The van der Waals surface area contributed by atoms with Crippen molar-refractivity contribution in [2.24, 2.45) is 5.73 Å². The molecule has 0 bridgehead atoms. The van der Waals surface area contributed by atoms with E-state index < -0.39 is 10.0 Å². The van der Waals surface area contributed by atoms with Crippen molar-refractivity contribution in [1.82, 2.24) is 4.31 Å². The number of benzene rings is 1. The van der Waals surface area contributed by atoms with Crippen molar-refractivity contribution in [2.45, 2.75) is 51.5 Å². The van der Waals surface area contributed by atoms with Crippen molar-refractivity contribution < 1.29 is 8.42 Å². The maximum Gasteiger partial charge on any atom is 0.243 e. The van der Waals surface area contributed by atoms with E-state index in [2.05, 4.69) is 0 Å². The van der Waals surface area contributed by atoms with E-state index in [0.29, 0.717) is 18.0 Å². The second kappa shape index (κ2) is 5.47. The summed E-state index contributed by atoms with van der Waals surface area (Å²) in [4.78, 5) is 0.476. The summed E-state index contributed by atoms with van der Waals surface area (Å²) in [6.07, 6.45) is 1.74. The predicted molar refractivity (Wildman–Crippen MR) is 81.4 cm³/mol. The molecule has 1 atom stereocenters. The van der Waals surface area contributed by atoms with Gasteiger partial charge >= 0.3 is 0 Å². The number of aryl methyl sites for hydroxylation is 2. The normalized spacial score (nSPS) is 21.1. The van der Waals surface area contributed by atoms with E-state index in [4.69, 9.17) is 5.73 Å². The molecule has 0 spiro atoms. The summed E-state index contributed by atoms with van der Waals surface area (Å²) < 4.78 is 27.4. The quantitative estimate of drug-likeness (QED) is 0.908. The zero-order valence-electron chi connectivity index (χ0n) is 12.7. The summed E-state index contributed by atoms with van der Waals surface area (Å²) in [5, 5.41) is 0. The number of hydrogen-bond donors (Lipinski definition) is 1. The minimum Gasteiger partial charge on any atom is -0.327 e. The van der Waals surface area contributed by atoms with Crippen molar-refractivity contribution >= 4 is 10.0 Å². The lowest BCUT2D eigenvalue weighted by molar-refractivity contribution is 0.316. The number of nitrogens with zero attached hydrogens (tertiary/aromatic N) is 1. The molecule has 0 unspecified atom stereocenters. The van der Waals surface area contributed by atoms with Crippen LogP contribution in [0.1, 0.15) is 35.1 Å². The van der Waals surface area contributed by atoms with Gasteiger partial charge in [-0.1, -0.05) is 6.07 Å². The third-order valence-corrected chi connectivity index (χ3v) is 6.46. The summed E-state index contributed by atoms with van der Waals surface area (Å²) in [5.74, 6) is 0. The Bertz CT molecular complexity index is 597. The second-order valence-corrected chi connectivity index (χ2v) is 7.73. The minimum atomic E-state index is -3.45. The van der Waals surface area contributed by atoms with E-state index in [9.17, 15) is 8.42 Å². The average Bonchev–Trinajstić information content (AvgIpc) is 2.36. The molecule has 2 rings (SSSR count). The molecule has 1 aromatic rings. The fourth-order valence-corrected chi connectivity index (χ4v) is 5.00. The Balaban J connectivity index is 2.55. The Labute approximate surface area is 122 Å². The van der Waals surface area contributed by atoms with Gasteiger partial charge in [-0.3, -0.25) is 0 Å². The molecule has 1 saturated heterocycles. The van der Waals surface area contributed by atoms with Gasteiger partial charge in [-0.2, -0.15) is 4.31 Å². The molecule has 20 heavy (non-hydrogen) atoms. The van der Waals surface area contributed by atoms with Gasteiger partial charge in [-0.15, -0.1) is 0 Å². The van der Waals surface area contributed by atoms with Crippen molar-refractivity contribution in [3.63, 3.8) is 0 Å². The smallest absolute Gasteiger partial charge is 0.243 e. The monoisotopic (exact) mass is 296 g/mol. The number of nitrogens with two attached hydrogens (primary N) is 1. The highest BCUT2D eigenvalue weighted by Crippen LogP contribution is 2.29. The number of rotatable bonds is 2. The number of sulfonamides is 1. The molecule has 112 valence electrons. The first-order valence-corrected chi connectivity index (χ1v) is 8.52. The molecular weight excluding hydrogens is 272 g/mol. The van der Waals surface area contributed by atoms with Gasteiger partial charge in [0.15, 0.2) is 0 Å². The van der Waals surface area contributed by atoms with E-state index in [1.54, 1.807) is 4.31 Å². The van der Waals surface area contributed by atoms with E-state index in [0.717, 1.165) is 35.1 Å². The van der Waals surface area contributed by atoms with Crippen LogP contribution in [0.15, 0.2) is 11.0 Å². The van der Waals surface area contributed by atoms with E-state index in [-0.39, 0.29) is 6.04 Å². The Kier molecular flexibility index (Phi) is 4.23. The maximum absolute atomic E-state index is 12.9. The summed E-state index contributed by atoms with van der Waals surface area (Å²) in [6, 6.07) is 2.00. The average molecular weight is 296 g/mol. The highest BCUT2D eigenvalue weighted by atomic mass is 32.2. The van der Waals surface area contributed by atoms with Gasteiger partial charge in [0.05, 0.1) is 4.90 Å². The van der Waals surface area contributed by atoms with Crippen LogP contribution in [0.25, 0.3) is 0 Å². The largest absolute Gasteiger partial charge is 0.327 e. The van der Waals surface area contributed by atoms with Gasteiger partial charge in [0, 0.05) is 19.1 Å². The highest BCUT2D eigenvalue weighted by molar-refractivity contribution is 7.89. The first-order chi connectivity index (χ1) is 9.25. The van der Waals surface area contributed by atoms with Crippen LogP contribution in [-0.2, 0) is 10.0 Å². The molecule has 4 nitrogen and oxygen atoms in total. The van der Waals surface area contributed by atoms with Crippen molar-refractivity contribution in [2.75, 3.05) is 13.1 Å². The molecule has 1 aliphatic heterocycles. The predicted octanol–water partition coefficient (Wildman–Crippen LogP) is 2.03. The molecule has 0 aromatic heterocycles. The van der Waals surface area contributed by atoms with Crippen LogP contribution in [0.3, 0.4) is 0 Å². The fraction of sp³-hybridized carbons (Fsp3) is 0.600. The molecular formula is C15H24N2O2S. The standard InChI is InChI=1S/C15H24N2O2S/c1-10-8-11(2)13(4)15(12(10)3)20(18,19)17-7-5-6-14(16)9-17/h8,14H,5-7,9,16H2,1-4H3/t14-/m1/s1. The van der Waals surface area contributed by atoms with Crippen LogP contribution < -0.4 is 5.73 Å². The number of hydrogen-bond acceptors (Lipinski definition) is 3. The van der Waals surface area contributed by atoms with Crippen LogP contribution in [-0.4, -0.2) is 31.9 Å². The molecule has 0 radical (unpaired) electrons. The third kappa shape index (κ3) is 2.62. The molecule has 0 amide bonds. The van der Waals surface area contributed by atoms with E-state index in [1.165, 1.54) is 0 Å². The van der Waals surface area contributed by atoms with Crippen LogP contribution in [0.2, 0.25) is 0 Å². The van der Waals surface area contributed by atoms with Crippen LogP contribution in [0, 0.1) is 27.7 Å². The molecule has 0 aliphatic carbocycles. The minimum absolute atomic E-state index is 0.0509. The van der Waals surface area contributed by atoms with Gasteiger partial charge in [-0.05, 0) is 62.8 Å². The van der Waals surface area contributed by atoms with Gasteiger partial charge in [0.2, 0.25) is 10.0 Å². The molecule has 1 aromatic carbocycles. The summed E-state index contributed by atoms with van der Waals surface area (Å²) in [7, 11) is -3.45. The van der Waals surface area contributed by atoms with Crippen molar-refractivity contribution in [3.05, 3.63) is 28.3 Å². The lowest BCUT2D eigenvalue weighted by Gasteiger charge is -2.31. The third-order valence-electron chi connectivity index (χ3n) is 4.32. The molecule has 1 heterocycles. The molecule has 0 saturated carbocycles. The zero-order chi connectivity index (χ0) is 15.1. The summed E-state index contributed by atoms with van der Waals surface area (Å²) >= 11 is 0. The highest BCUT2D eigenvalue weighted by Gasteiger charge is 2.31. The summed E-state index contributed by atoms with van der Waals surface area (Å²) in [5.41, 5.74) is 9.68. The Morgan fingerprint density at radius 2 is 1.70 bits per heavy atom. The lowest BCUT2D eigenvalue weighted by atomic mass is 10.0. The fourth-order valence-electron chi connectivity index (χ4n) is 2.89. The van der Waals surface area contributed by atoms with Crippen LogP contribution in [0.4, 0.5) is 0 Å². The van der Waals surface area contributed by atoms with Gasteiger partial charge in [-0.25, -0.2) is 8.42 Å². The van der Waals surface area contributed by atoms with Crippen molar-refractivity contribution in [3.8, 4) is 0 Å². The first-order valence-electron chi connectivity index (χ1n) is 7.08. The first kappa shape index (κ1) is 15.5.